The van der Waals surface area contributed by atoms with Crippen molar-refractivity contribution < 1.29 is 0 Å². The Morgan fingerprint density at radius 1 is 0.348 bits per heavy atom. The molecule has 0 saturated heterocycles. The molecule has 0 bridgehead atoms. The van der Waals surface area contributed by atoms with Crippen LogP contribution in [0.2, 0.25) is 0 Å². The van der Waals surface area contributed by atoms with Gasteiger partial charge in [0.05, 0.1) is 11.4 Å². The van der Waals surface area contributed by atoms with Gasteiger partial charge in [0.1, 0.15) is 0 Å². The molecule has 0 aliphatic rings. The first kappa shape index (κ1) is 27.9. The summed E-state index contributed by atoms with van der Waals surface area (Å²) >= 11 is 0. The van der Waals surface area contributed by atoms with E-state index in [1.165, 1.54) is 77.3 Å². The summed E-state index contributed by atoms with van der Waals surface area (Å²) in [5.74, 6) is 0. The van der Waals surface area contributed by atoms with Crippen molar-refractivity contribution in [1.29, 1.82) is 0 Å². The molecule has 0 spiro atoms. The number of anilines is 6. The minimum absolute atomic E-state index is 1.15. The van der Waals surface area contributed by atoms with Crippen molar-refractivity contribution >= 4 is 66.4 Å². The van der Waals surface area contributed by atoms with E-state index in [4.69, 9.17) is 0 Å². The van der Waals surface area contributed by atoms with Crippen LogP contribution < -0.4 is 9.80 Å². The van der Waals surface area contributed by atoms with Crippen molar-refractivity contribution in [3.05, 3.63) is 168 Å². The first-order valence-electron chi connectivity index (χ1n) is 16.0. The Morgan fingerprint density at radius 2 is 0.717 bits per heavy atom. The maximum Gasteiger partial charge on any atom is 0.0540 e. The second-order valence-corrected chi connectivity index (χ2v) is 12.5. The third kappa shape index (κ3) is 4.57. The highest BCUT2D eigenvalue weighted by atomic mass is 15.2. The van der Waals surface area contributed by atoms with Crippen molar-refractivity contribution in [2.75, 3.05) is 9.80 Å². The molecule has 8 rings (SSSR count). The van der Waals surface area contributed by atoms with Crippen LogP contribution in [0.15, 0.2) is 146 Å². The quantitative estimate of drug-likeness (QED) is 0.177. The summed E-state index contributed by atoms with van der Waals surface area (Å²) in [4.78, 5) is 4.85. The van der Waals surface area contributed by atoms with Crippen molar-refractivity contribution in [2.45, 2.75) is 27.7 Å². The fraction of sp³-hybridized carbons (Fsp3) is 0.0909. The highest BCUT2D eigenvalue weighted by Crippen LogP contribution is 2.48. The first-order valence-corrected chi connectivity index (χ1v) is 16.0. The fourth-order valence-corrected chi connectivity index (χ4v) is 7.24. The average molecular weight is 593 g/mol. The Hall–Kier alpha value is -5.60. The predicted octanol–water partition coefficient (Wildman–Crippen LogP) is 12.8. The molecule has 0 unspecified atom stereocenters. The van der Waals surface area contributed by atoms with Gasteiger partial charge in [0.25, 0.3) is 0 Å². The summed E-state index contributed by atoms with van der Waals surface area (Å²) < 4.78 is 0. The monoisotopic (exact) mass is 592 g/mol. The van der Waals surface area contributed by atoms with E-state index in [2.05, 4.69) is 183 Å². The predicted molar refractivity (Wildman–Crippen MR) is 198 cm³/mol. The van der Waals surface area contributed by atoms with Crippen LogP contribution in [0.4, 0.5) is 34.1 Å². The van der Waals surface area contributed by atoms with Crippen LogP contribution in [0.3, 0.4) is 0 Å². The molecule has 0 fully saturated rings. The summed E-state index contributed by atoms with van der Waals surface area (Å²) in [6, 6.07) is 53.4. The van der Waals surface area contributed by atoms with E-state index in [0.717, 1.165) is 11.4 Å². The summed E-state index contributed by atoms with van der Waals surface area (Å²) in [6.45, 7) is 8.75. The van der Waals surface area contributed by atoms with E-state index in [1.807, 2.05) is 0 Å². The highest BCUT2D eigenvalue weighted by Gasteiger charge is 2.22. The zero-order valence-electron chi connectivity index (χ0n) is 26.8. The smallest absolute Gasteiger partial charge is 0.0540 e. The van der Waals surface area contributed by atoms with Crippen molar-refractivity contribution in [2.24, 2.45) is 0 Å². The van der Waals surface area contributed by atoms with Crippen molar-refractivity contribution in [3.63, 3.8) is 0 Å². The topological polar surface area (TPSA) is 6.48 Å². The van der Waals surface area contributed by atoms with Crippen LogP contribution in [0, 0.1) is 27.7 Å². The van der Waals surface area contributed by atoms with Crippen LogP contribution in [0.1, 0.15) is 22.3 Å². The number of nitrogens with zero attached hydrogens (tertiary/aromatic N) is 2. The number of hydrogen-bond acceptors (Lipinski definition) is 2. The zero-order chi connectivity index (χ0) is 31.4. The van der Waals surface area contributed by atoms with Gasteiger partial charge >= 0.3 is 0 Å². The number of hydrogen-bond donors (Lipinski definition) is 0. The van der Waals surface area contributed by atoms with Crippen LogP contribution in [-0.4, -0.2) is 0 Å². The molecule has 8 aromatic carbocycles. The molecule has 2 nitrogen and oxygen atoms in total. The van der Waals surface area contributed by atoms with E-state index < -0.39 is 0 Å². The Kier molecular flexibility index (Phi) is 6.73. The molecule has 2 heteroatoms. The molecule has 0 N–H and O–H groups in total. The SMILES string of the molecule is Cc1ccc(N(c2ccccc2)c2ccc3ccc4c(N(c5ccccc5)c5ccc(C)cc5C)ccc5ccc2c3c54)c(C)c1. The Bertz CT molecular complexity index is 2190. The molecule has 0 heterocycles. The normalized spacial score (nSPS) is 11.5. The van der Waals surface area contributed by atoms with Gasteiger partial charge in [0, 0.05) is 33.5 Å². The molecule has 0 atom stereocenters. The lowest BCUT2D eigenvalue weighted by atomic mass is 9.91. The number of aryl methyl sites for hydroxylation is 4. The first-order chi connectivity index (χ1) is 22.5. The molecule has 0 radical (unpaired) electrons. The van der Waals surface area contributed by atoms with Crippen molar-refractivity contribution in [1.82, 2.24) is 0 Å². The molecule has 0 aliphatic carbocycles. The van der Waals surface area contributed by atoms with E-state index in [9.17, 15) is 0 Å². The highest BCUT2D eigenvalue weighted by molar-refractivity contribution is 6.28. The van der Waals surface area contributed by atoms with Gasteiger partial charge in [-0.05, 0) is 109 Å². The maximum atomic E-state index is 2.42. The van der Waals surface area contributed by atoms with Crippen LogP contribution in [-0.2, 0) is 0 Å². The second kappa shape index (κ2) is 11.1. The van der Waals surface area contributed by atoms with Gasteiger partial charge in [-0.3, -0.25) is 0 Å². The molecule has 0 amide bonds. The third-order valence-corrected chi connectivity index (χ3v) is 9.32. The van der Waals surface area contributed by atoms with E-state index >= 15 is 0 Å². The molecular weight excluding hydrogens is 556 g/mol. The average Bonchev–Trinajstić information content (AvgIpc) is 3.07. The van der Waals surface area contributed by atoms with E-state index in [0.29, 0.717) is 0 Å². The zero-order valence-corrected chi connectivity index (χ0v) is 26.8. The van der Waals surface area contributed by atoms with Crippen LogP contribution in [0.5, 0.6) is 0 Å². The van der Waals surface area contributed by atoms with Crippen LogP contribution >= 0.6 is 0 Å². The summed E-state index contributed by atoms with van der Waals surface area (Å²) in [5, 5.41) is 7.59. The lowest BCUT2D eigenvalue weighted by Crippen LogP contribution is -2.13. The summed E-state index contributed by atoms with van der Waals surface area (Å²) in [5.41, 5.74) is 12.1. The second-order valence-electron chi connectivity index (χ2n) is 12.5. The molecule has 0 aromatic heterocycles. The lowest BCUT2D eigenvalue weighted by molar-refractivity contribution is 1.25. The van der Waals surface area contributed by atoms with Gasteiger partial charge in [0.2, 0.25) is 0 Å². The summed E-state index contributed by atoms with van der Waals surface area (Å²) in [7, 11) is 0. The van der Waals surface area contributed by atoms with E-state index in [-0.39, 0.29) is 0 Å². The third-order valence-electron chi connectivity index (χ3n) is 9.32. The van der Waals surface area contributed by atoms with Gasteiger partial charge in [-0.25, -0.2) is 0 Å². The lowest BCUT2D eigenvalue weighted by Gasteiger charge is -2.30. The molecule has 46 heavy (non-hydrogen) atoms. The maximum absolute atomic E-state index is 2.42. The molecular formula is C44H36N2. The molecule has 222 valence electrons. The Balaban J connectivity index is 1.42. The van der Waals surface area contributed by atoms with Gasteiger partial charge in [-0.15, -0.1) is 0 Å². The van der Waals surface area contributed by atoms with Gasteiger partial charge in [-0.2, -0.15) is 0 Å². The standard InChI is InChI=1S/C44H36N2/c1-29-15-23-39(31(3)27-29)45(35-11-7-5-8-12-35)41-25-19-33-18-22-38-42(26-20-34-17-21-37(41)43(33)44(34)38)46(36-13-9-6-10-14-36)40-24-16-30(2)28-32(40)4/h5-28H,1-4H3. The van der Waals surface area contributed by atoms with Gasteiger partial charge in [0.15, 0.2) is 0 Å². The Labute approximate surface area is 271 Å². The fourth-order valence-electron chi connectivity index (χ4n) is 7.24. The van der Waals surface area contributed by atoms with Gasteiger partial charge in [-0.1, -0.05) is 108 Å². The van der Waals surface area contributed by atoms with Crippen LogP contribution in [0.25, 0.3) is 32.3 Å². The van der Waals surface area contributed by atoms with Crippen molar-refractivity contribution in [3.8, 4) is 0 Å². The van der Waals surface area contributed by atoms with Gasteiger partial charge < -0.3 is 9.80 Å². The number of rotatable bonds is 6. The molecule has 8 aromatic rings. The Morgan fingerprint density at radius 3 is 1.11 bits per heavy atom. The van der Waals surface area contributed by atoms with E-state index in [1.54, 1.807) is 0 Å². The number of benzene rings is 8. The number of para-hydroxylation sites is 2. The molecule has 0 aliphatic heterocycles. The molecule has 0 saturated carbocycles. The minimum atomic E-state index is 1.15. The summed E-state index contributed by atoms with van der Waals surface area (Å²) in [6.07, 6.45) is 0. The largest absolute Gasteiger partial charge is 0.310 e. The minimum Gasteiger partial charge on any atom is -0.310 e.